The van der Waals surface area contributed by atoms with Crippen molar-refractivity contribution in [3.05, 3.63) is 41.9 Å². The molecule has 17 heavy (non-hydrogen) atoms. The molecule has 0 spiro atoms. The summed E-state index contributed by atoms with van der Waals surface area (Å²) >= 11 is 0. The summed E-state index contributed by atoms with van der Waals surface area (Å²) in [7, 11) is 1.34. The van der Waals surface area contributed by atoms with Crippen molar-refractivity contribution in [3.63, 3.8) is 0 Å². The Labute approximate surface area is 96.7 Å². The van der Waals surface area contributed by atoms with Crippen LogP contribution in [-0.2, 0) is 13.2 Å². The Balaban J connectivity index is 2.45. The van der Waals surface area contributed by atoms with E-state index in [4.69, 9.17) is 0 Å². The highest BCUT2D eigenvalue weighted by Gasteiger charge is 2.36. The topological polar surface area (TPSA) is 17.8 Å². The zero-order chi connectivity index (χ0) is 12.6. The number of hydrogen-bond acceptors (Lipinski definition) is 1. The van der Waals surface area contributed by atoms with Gasteiger partial charge in [-0.15, -0.1) is 0 Å². The summed E-state index contributed by atoms with van der Waals surface area (Å²) in [5.74, 6) is -0.881. The summed E-state index contributed by atoms with van der Waals surface area (Å²) in [6.07, 6.45) is -3.04. The van der Waals surface area contributed by atoms with E-state index in [0.717, 1.165) is 10.1 Å². The molecule has 0 aliphatic rings. The molecule has 0 aliphatic heterocycles. The van der Waals surface area contributed by atoms with Gasteiger partial charge in [-0.1, -0.05) is 29.8 Å². The fourth-order valence-corrected chi connectivity index (χ4v) is 1.59. The highest BCUT2D eigenvalue weighted by atomic mass is 19.4. The largest absolute Gasteiger partial charge is 0.449 e. The fourth-order valence-electron chi connectivity index (χ4n) is 1.59. The molecule has 0 saturated heterocycles. The number of halogens is 3. The molecule has 0 aliphatic carbocycles. The van der Waals surface area contributed by atoms with Gasteiger partial charge in [0.2, 0.25) is 5.82 Å². The first kappa shape index (κ1) is 11.7. The summed E-state index contributed by atoms with van der Waals surface area (Å²) in [6.45, 7) is 1.92. The molecule has 1 aromatic carbocycles. The third-order valence-electron chi connectivity index (χ3n) is 2.48. The summed E-state index contributed by atoms with van der Waals surface area (Å²) in [4.78, 5) is 3.62. The van der Waals surface area contributed by atoms with E-state index >= 15 is 0 Å². The summed E-state index contributed by atoms with van der Waals surface area (Å²) in [6, 6.07) is 7.21. The molecular weight excluding hydrogens is 229 g/mol. The molecule has 5 heteroatoms. The molecule has 90 valence electrons. The SMILES string of the molecule is Cc1ccc(-c2cn(C)c(C(F)(F)F)n2)cc1. The van der Waals surface area contributed by atoms with Crippen LogP contribution in [0.4, 0.5) is 13.2 Å². The van der Waals surface area contributed by atoms with Gasteiger partial charge >= 0.3 is 6.18 Å². The molecule has 0 fully saturated rings. The second-order valence-corrected chi connectivity index (χ2v) is 3.92. The van der Waals surface area contributed by atoms with Gasteiger partial charge in [0.1, 0.15) is 0 Å². The average Bonchev–Trinajstić information content (AvgIpc) is 2.61. The zero-order valence-electron chi connectivity index (χ0n) is 9.42. The lowest BCUT2D eigenvalue weighted by Crippen LogP contribution is -2.12. The zero-order valence-corrected chi connectivity index (χ0v) is 9.42. The van der Waals surface area contributed by atoms with Crippen molar-refractivity contribution in [1.29, 1.82) is 0 Å². The van der Waals surface area contributed by atoms with Gasteiger partial charge in [0, 0.05) is 18.8 Å². The van der Waals surface area contributed by atoms with Crippen molar-refractivity contribution in [2.75, 3.05) is 0 Å². The van der Waals surface area contributed by atoms with Crippen LogP contribution in [0.2, 0.25) is 0 Å². The predicted molar refractivity (Wildman–Crippen MR) is 58.4 cm³/mol. The molecule has 0 bridgehead atoms. The van der Waals surface area contributed by atoms with Crippen LogP contribution in [0, 0.1) is 6.92 Å². The Bertz CT molecular complexity index is 524. The lowest BCUT2D eigenvalue weighted by molar-refractivity contribution is -0.146. The van der Waals surface area contributed by atoms with E-state index < -0.39 is 12.0 Å². The van der Waals surface area contributed by atoms with Crippen molar-refractivity contribution >= 4 is 0 Å². The Kier molecular flexibility index (Phi) is 2.69. The molecule has 0 N–H and O–H groups in total. The van der Waals surface area contributed by atoms with E-state index in [1.165, 1.54) is 13.2 Å². The first-order valence-electron chi connectivity index (χ1n) is 5.05. The molecule has 2 rings (SSSR count). The summed E-state index contributed by atoms with van der Waals surface area (Å²) < 4.78 is 38.7. The van der Waals surface area contributed by atoms with Gasteiger partial charge in [0.25, 0.3) is 0 Å². The molecule has 2 nitrogen and oxygen atoms in total. The highest BCUT2D eigenvalue weighted by molar-refractivity contribution is 5.59. The lowest BCUT2D eigenvalue weighted by atomic mass is 10.1. The molecule has 0 saturated carbocycles. The molecule has 2 aromatic rings. The third kappa shape index (κ3) is 2.33. The van der Waals surface area contributed by atoms with Gasteiger partial charge in [0.05, 0.1) is 5.69 Å². The quantitative estimate of drug-likeness (QED) is 0.746. The fraction of sp³-hybridized carbons (Fsp3) is 0.250. The molecule has 0 radical (unpaired) electrons. The predicted octanol–water partition coefficient (Wildman–Crippen LogP) is 3.41. The summed E-state index contributed by atoms with van der Waals surface area (Å²) in [5, 5.41) is 0. The number of hydrogen-bond donors (Lipinski definition) is 0. The van der Waals surface area contributed by atoms with Gasteiger partial charge in [-0.25, -0.2) is 4.98 Å². The normalized spacial score (nSPS) is 11.8. The van der Waals surface area contributed by atoms with E-state index in [-0.39, 0.29) is 0 Å². The Morgan fingerprint density at radius 3 is 2.18 bits per heavy atom. The smallest absolute Gasteiger partial charge is 0.330 e. The van der Waals surface area contributed by atoms with Gasteiger partial charge in [-0.05, 0) is 6.92 Å². The molecule has 1 aromatic heterocycles. The highest BCUT2D eigenvalue weighted by Crippen LogP contribution is 2.30. The molecule has 1 heterocycles. The maximum Gasteiger partial charge on any atom is 0.449 e. The van der Waals surface area contributed by atoms with Crippen molar-refractivity contribution < 1.29 is 13.2 Å². The van der Waals surface area contributed by atoms with Crippen LogP contribution < -0.4 is 0 Å². The Morgan fingerprint density at radius 1 is 1.12 bits per heavy atom. The second-order valence-electron chi connectivity index (χ2n) is 3.92. The number of alkyl halides is 3. The number of benzene rings is 1. The molecule has 0 unspecified atom stereocenters. The van der Waals surface area contributed by atoms with Gasteiger partial charge in [-0.3, -0.25) is 0 Å². The molecule has 0 amide bonds. The number of aryl methyl sites for hydroxylation is 2. The van der Waals surface area contributed by atoms with Crippen molar-refractivity contribution in [2.45, 2.75) is 13.1 Å². The van der Waals surface area contributed by atoms with Crippen LogP contribution in [0.1, 0.15) is 11.4 Å². The van der Waals surface area contributed by atoms with Crippen LogP contribution in [0.15, 0.2) is 30.5 Å². The van der Waals surface area contributed by atoms with Crippen LogP contribution >= 0.6 is 0 Å². The van der Waals surface area contributed by atoms with E-state index in [0.29, 0.717) is 11.3 Å². The van der Waals surface area contributed by atoms with Gasteiger partial charge in [0.15, 0.2) is 0 Å². The first-order valence-corrected chi connectivity index (χ1v) is 5.05. The van der Waals surface area contributed by atoms with Crippen molar-refractivity contribution in [1.82, 2.24) is 9.55 Å². The van der Waals surface area contributed by atoms with Crippen molar-refractivity contribution in [3.8, 4) is 11.3 Å². The van der Waals surface area contributed by atoms with E-state index in [1.54, 1.807) is 12.1 Å². The second kappa shape index (κ2) is 3.91. The number of aromatic nitrogens is 2. The third-order valence-corrected chi connectivity index (χ3v) is 2.48. The summed E-state index contributed by atoms with van der Waals surface area (Å²) in [5.41, 5.74) is 2.07. The van der Waals surface area contributed by atoms with Gasteiger partial charge in [-0.2, -0.15) is 13.2 Å². The maximum absolute atomic E-state index is 12.6. The van der Waals surface area contributed by atoms with Crippen LogP contribution in [0.3, 0.4) is 0 Å². The minimum Gasteiger partial charge on any atom is -0.330 e. The minimum absolute atomic E-state index is 0.333. The lowest BCUT2D eigenvalue weighted by Gasteiger charge is -2.04. The number of rotatable bonds is 1. The molecular formula is C12H11F3N2. The maximum atomic E-state index is 12.6. The van der Waals surface area contributed by atoms with Gasteiger partial charge < -0.3 is 4.57 Å². The van der Waals surface area contributed by atoms with Crippen molar-refractivity contribution in [2.24, 2.45) is 7.05 Å². The van der Waals surface area contributed by atoms with E-state index in [2.05, 4.69) is 4.98 Å². The van der Waals surface area contributed by atoms with Crippen LogP contribution in [-0.4, -0.2) is 9.55 Å². The first-order chi connectivity index (χ1) is 7.88. The molecule has 0 atom stereocenters. The van der Waals surface area contributed by atoms with Crippen LogP contribution in [0.5, 0.6) is 0 Å². The number of imidazole rings is 1. The minimum atomic E-state index is -4.42. The van der Waals surface area contributed by atoms with E-state index in [1.807, 2.05) is 19.1 Å². The monoisotopic (exact) mass is 240 g/mol. The Morgan fingerprint density at radius 2 is 1.71 bits per heavy atom. The van der Waals surface area contributed by atoms with E-state index in [9.17, 15) is 13.2 Å². The van der Waals surface area contributed by atoms with Crippen LogP contribution in [0.25, 0.3) is 11.3 Å². The standard InChI is InChI=1S/C12H11F3N2/c1-8-3-5-9(6-4-8)10-7-17(2)11(16-10)12(13,14)15/h3-7H,1-2H3. The Hall–Kier alpha value is -1.78. The number of nitrogens with zero attached hydrogens (tertiary/aromatic N) is 2. The average molecular weight is 240 g/mol.